The van der Waals surface area contributed by atoms with Crippen LogP contribution in [-0.4, -0.2) is 43.7 Å². The van der Waals surface area contributed by atoms with Gasteiger partial charge in [0.1, 0.15) is 5.75 Å². The van der Waals surface area contributed by atoms with E-state index >= 15 is 0 Å². The lowest BCUT2D eigenvalue weighted by Gasteiger charge is -2.25. The van der Waals surface area contributed by atoms with Crippen LogP contribution in [0.25, 0.3) is 0 Å². The number of ether oxygens (including phenoxy) is 3. The van der Waals surface area contributed by atoms with Gasteiger partial charge in [0.05, 0.1) is 33.1 Å². The average Bonchev–Trinajstić information content (AvgIpc) is 3.27. The fourth-order valence-electron chi connectivity index (χ4n) is 4.11. The van der Waals surface area contributed by atoms with Gasteiger partial charge in [-0.15, -0.1) is 0 Å². The molecule has 2 aromatic rings. The molecule has 1 saturated heterocycles. The van der Waals surface area contributed by atoms with E-state index in [1.54, 1.807) is 19.2 Å². The van der Waals surface area contributed by atoms with Gasteiger partial charge in [0.15, 0.2) is 11.6 Å². The third kappa shape index (κ3) is 2.85. The molecule has 26 heavy (non-hydrogen) atoms. The van der Waals surface area contributed by atoms with Gasteiger partial charge in [0.2, 0.25) is 0 Å². The predicted molar refractivity (Wildman–Crippen MR) is 94.4 cm³/mol. The van der Waals surface area contributed by atoms with E-state index in [1.807, 2.05) is 0 Å². The lowest BCUT2D eigenvalue weighted by atomic mass is 9.80. The Morgan fingerprint density at radius 3 is 2.81 bits per heavy atom. The van der Waals surface area contributed by atoms with Crippen LogP contribution in [0.4, 0.5) is 4.39 Å². The summed E-state index contributed by atoms with van der Waals surface area (Å²) in [5.74, 6) is 0.689. The minimum Gasteiger partial charge on any atom is -0.497 e. The summed E-state index contributed by atoms with van der Waals surface area (Å²) in [6.07, 6.45) is 2.39. The highest BCUT2D eigenvalue weighted by Gasteiger charge is 2.34. The summed E-state index contributed by atoms with van der Waals surface area (Å²) in [5, 5.41) is 7.67. The van der Waals surface area contributed by atoms with Gasteiger partial charge in [-0.3, -0.25) is 5.10 Å². The van der Waals surface area contributed by atoms with Gasteiger partial charge in [-0.2, -0.15) is 5.10 Å². The first-order valence-electron chi connectivity index (χ1n) is 8.93. The number of H-pyrrole nitrogens is 1. The Hall–Kier alpha value is -2.12. The van der Waals surface area contributed by atoms with Crippen LogP contribution < -0.4 is 15.2 Å². The van der Waals surface area contributed by atoms with E-state index in [-0.39, 0.29) is 29.4 Å². The summed E-state index contributed by atoms with van der Waals surface area (Å²) in [7, 11) is 3.04. The lowest BCUT2D eigenvalue weighted by molar-refractivity contribution is 0.190. The van der Waals surface area contributed by atoms with Gasteiger partial charge < -0.3 is 19.9 Å². The highest BCUT2D eigenvalue weighted by molar-refractivity contribution is 5.43. The second-order valence-corrected chi connectivity index (χ2v) is 7.05. The molecule has 0 amide bonds. The first-order chi connectivity index (χ1) is 12.6. The van der Waals surface area contributed by atoms with Crippen LogP contribution >= 0.6 is 0 Å². The summed E-state index contributed by atoms with van der Waals surface area (Å²) in [4.78, 5) is 0. The van der Waals surface area contributed by atoms with Crippen LogP contribution in [0.1, 0.15) is 40.8 Å². The molecule has 0 spiro atoms. The number of fused-ring (bicyclic) bond motifs is 1. The number of aromatic amines is 1. The van der Waals surface area contributed by atoms with Gasteiger partial charge >= 0.3 is 0 Å². The zero-order chi connectivity index (χ0) is 18.3. The molecule has 0 radical (unpaired) electrons. The minimum absolute atomic E-state index is 0.0137. The Morgan fingerprint density at radius 1 is 1.27 bits per heavy atom. The van der Waals surface area contributed by atoms with E-state index in [0.717, 1.165) is 24.2 Å². The van der Waals surface area contributed by atoms with Crippen molar-refractivity contribution in [3.8, 4) is 11.5 Å². The van der Waals surface area contributed by atoms with Gasteiger partial charge in [-0.25, -0.2) is 4.39 Å². The van der Waals surface area contributed by atoms with Gasteiger partial charge in [-0.1, -0.05) is 0 Å². The summed E-state index contributed by atoms with van der Waals surface area (Å²) < 4.78 is 30.8. The van der Waals surface area contributed by atoms with Crippen molar-refractivity contribution in [2.45, 2.75) is 37.1 Å². The van der Waals surface area contributed by atoms with Crippen molar-refractivity contribution in [3.63, 3.8) is 0 Å². The number of halogens is 1. The third-order valence-electron chi connectivity index (χ3n) is 5.59. The monoisotopic (exact) mass is 361 g/mol. The van der Waals surface area contributed by atoms with E-state index < -0.39 is 0 Å². The van der Waals surface area contributed by atoms with Crippen molar-refractivity contribution in [1.82, 2.24) is 10.2 Å². The molecule has 140 valence electrons. The maximum atomic E-state index is 14.8. The Labute approximate surface area is 151 Å². The maximum absolute atomic E-state index is 14.8. The molecular weight excluding hydrogens is 337 g/mol. The highest BCUT2D eigenvalue weighted by Crippen LogP contribution is 2.40. The van der Waals surface area contributed by atoms with Crippen LogP contribution in [0, 0.1) is 5.82 Å². The molecule has 3 atom stereocenters. The Morgan fingerprint density at radius 2 is 2.12 bits per heavy atom. The van der Waals surface area contributed by atoms with E-state index in [4.69, 9.17) is 19.9 Å². The summed E-state index contributed by atoms with van der Waals surface area (Å²) in [6, 6.07) is 3.33. The second kappa shape index (κ2) is 6.89. The maximum Gasteiger partial charge on any atom is 0.168 e. The SMILES string of the molecule is COc1cc(OC)c(F)c(C2CCc3c(C4COCC4N)n[nH]c3C2)c1. The van der Waals surface area contributed by atoms with Crippen molar-refractivity contribution in [2.24, 2.45) is 5.73 Å². The normalized spacial score (nSPS) is 25.2. The smallest absolute Gasteiger partial charge is 0.168 e. The number of benzene rings is 1. The number of methoxy groups -OCH3 is 2. The molecule has 2 aliphatic rings. The molecule has 7 heteroatoms. The molecule has 3 unspecified atom stereocenters. The van der Waals surface area contributed by atoms with Gasteiger partial charge in [-0.05, 0) is 42.4 Å². The van der Waals surface area contributed by atoms with Crippen LogP contribution in [0.2, 0.25) is 0 Å². The number of hydrogen-bond donors (Lipinski definition) is 2. The molecule has 1 aromatic carbocycles. The molecule has 2 heterocycles. The molecule has 1 aromatic heterocycles. The van der Waals surface area contributed by atoms with E-state index in [2.05, 4.69) is 10.2 Å². The first kappa shape index (κ1) is 17.3. The largest absolute Gasteiger partial charge is 0.497 e. The summed E-state index contributed by atoms with van der Waals surface area (Å²) >= 11 is 0. The molecular formula is C19H24FN3O3. The second-order valence-electron chi connectivity index (χ2n) is 7.05. The molecule has 1 fully saturated rings. The van der Waals surface area contributed by atoms with Crippen LogP contribution in [0.15, 0.2) is 12.1 Å². The standard InChI is InChI=1S/C19H24FN3O3/c1-24-11-6-13(18(20)17(7-11)25-2)10-3-4-12-16(5-10)22-23-19(12)14-8-26-9-15(14)21/h6-7,10,14-15H,3-5,8-9,21H2,1-2H3,(H,22,23). The number of nitrogens with zero attached hydrogens (tertiary/aromatic N) is 1. The molecule has 0 bridgehead atoms. The quantitative estimate of drug-likeness (QED) is 0.873. The van der Waals surface area contributed by atoms with Gasteiger partial charge in [0.25, 0.3) is 0 Å². The Bertz CT molecular complexity index is 808. The zero-order valence-corrected chi connectivity index (χ0v) is 15.0. The summed E-state index contributed by atoms with van der Waals surface area (Å²) in [5.41, 5.74) is 10.1. The fraction of sp³-hybridized carbons (Fsp3) is 0.526. The van der Waals surface area contributed by atoms with E-state index in [1.165, 1.54) is 12.7 Å². The predicted octanol–water partition coefficient (Wildman–Crippen LogP) is 2.28. The van der Waals surface area contributed by atoms with Crippen molar-refractivity contribution >= 4 is 0 Å². The van der Waals surface area contributed by atoms with Crippen LogP contribution in [0.3, 0.4) is 0 Å². The van der Waals surface area contributed by atoms with E-state index in [9.17, 15) is 4.39 Å². The number of nitrogens with two attached hydrogens (primary N) is 1. The Balaban J connectivity index is 1.63. The van der Waals surface area contributed by atoms with E-state index in [0.29, 0.717) is 30.9 Å². The molecule has 1 aliphatic heterocycles. The van der Waals surface area contributed by atoms with Crippen molar-refractivity contribution in [3.05, 3.63) is 40.5 Å². The zero-order valence-electron chi connectivity index (χ0n) is 15.0. The Kier molecular flexibility index (Phi) is 4.58. The van der Waals surface area contributed by atoms with Crippen molar-refractivity contribution in [2.75, 3.05) is 27.4 Å². The summed E-state index contributed by atoms with van der Waals surface area (Å²) in [6.45, 7) is 1.19. The van der Waals surface area contributed by atoms with Crippen molar-refractivity contribution < 1.29 is 18.6 Å². The molecule has 1 aliphatic carbocycles. The molecule has 4 rings (SSSR count). The third-order valence-corrected chi connectivity index (χ3v) is 5.59. The fourth-order valence-corrected chi connectivity index (χ4v) is 4.11. The average molecular weight is 361 g/mol. The topological polar surface area (TPSA) is 82.4 Å². The number of nitrogens with one attached hydrogen (secondary N) is 1. The molecule has 0 saturated carbocycles. The van der Waals surface area contributed by atoms with Crippen LogP contribution in [-0.2, 0) is 17.6 Å². The number of hydrogen-bond acceptors (Lipinski definition) is 5. The minimum atomic E-state index is -0.312. The highest BCUT2D eigenvalue weighted by atomic mass is 19.1. The number of rotatable bonds is 4. The van der Waals surface area contributed by atoms with Crippen LogP contribution in [0.5, 0.6) is 11.5 Å². The lowest BCUT2D eigenvalue weighted by Crippen LogP contribution is -2.28. The van der Waals surface area contributed by atoms with Gasteiger partial charge in [0, 0.05) is 23.7 Å². The number of aromatic nitrogens is 2. The first-order valence-corrected chi connectivity index (χ1v) is 8.93. The molecule has 6 nitrogen and oxygen atoms in total. The molecule has 3 N–H and O–H groups in total. The van der Waals surface area contributed by atoms with Crippen molar-refractivity contribution in [1.29, 1.82) is 0 Å².